The largest absolute Gasteiger partial charge is 0.422 e. The van der Waals surface area contributed by atoms with E-state index in [1.807, 2.05) is 31.2 Å². The van der Waals surface area contributed by atoms with Crippen LogP contribution < -0.4 is 5.63 Å². The van der Waals surface area contributed by atoms with Crippen LogP contribution >= 0.6 is 0 Å². The summed E-state index contributed by atoms with van der Waals surface area (Å²) in [6, 6.07) is 7.84. The third-order valence-electron chi connectivity index (χ3n) is 4.11. The van der Waals surface area contributed by atoms with E-state index in [4.69, 9.17) is 9.40 Å². The van der Waals surface area contributed by atoms with E-state index in [1.54, 1.807) is 0 Å². The smallest absolute Gasteiger partial charge is 0.345 e. The fourth-order valence-electron chi connectivity index (χ4n) is 3.07. The van der Waals surface area contributed by atoms with E-state index in [1.165, 1.54) is 18.4 Å². The second kappa shape index (κ2) is 4.17. The molecule has 0 atom stereocenters. The normalized spacial score (nSPS) is 14.7. The van der Waals surface area contributed by atoms with Crippen molar-refractivity contribution in [3.63, 3.8) is 0 Å². The molecule has 0 saturated carbocycles. The zero-order valence-corrected chi connectivity index (χ0v) is 11.4. The van der Waals surface area contributed by atoms with E-state index in [0.29, 0.717) is 11.0 Å². The molecule has 0 unspecified atom stereocenters. The molecule has 0 saturated heterocycles. The molecule has 0 amide bonds. The molecule has 1 aliphatic rings. The summed E-state index contributed by atoms with van der Waals surface area (Å²) in [6.45, 7) is 2.04. The highest BCUT2D eigenvalue weighted by Gasteiger charge is 2.16. The molecule has 0 radical (unpaired) electrons. The lowest BCUT2D eigenvalue weighted by atomic mass is 9.94. The van der Waals surface area contributed by atoms with Crippen LogP contribution in [0.5, 0.6) is 0 Å². The SMILES string of the molecule is Cc1ccc2oc(=O)c3cc4c(nc3c2c1)CCCC4. The summed E-state index contributed by atoms with van der Waals surface area (Å²) in [7, 11) is 0. The molecule has 1 aromatic carbocycles. The number of aryl methyl sites for hydroxylation is 3. The first-order chi connectivity index (χ1) is 9.72. The summed E-state index contributed by atoms with van der Waals surface area (Å²) in [5, 5.41) is 1.55. The number of hydrogen-bond acceptors (Lipinski definition) is 3. The highest BCUT2D eigenvalue weighted by molar-refractivity contribution is 6.02. The first-order valence-corrected chi connectivity index (χ1v) is 7.08. The van der Waals surface area contributed by atoms with Crippen molar-refractivity contribution in [1.82, 2.24) is 4.98 Å². The molecule has 0 bridgehead atoms. The highest BCUT2D eigenvalue weighted by Crippen LogP contribution is 2.27. The summed E-state index contributed by atoms with van der Waals surface area (Å²) in [6.07, 6.45) is 4.39. The topological polar surface area (TPSA) is 43.1 Å². The monoisotopic (exact) mass is 265 g/mol. The van der Waals surface area contributed by atoms with Gasteiger partial charge in [-0.1, -0.05) is 11.6 Å². The van der Waals surface area contributed by atoms with Gasteiger partial charge in [-0.3, -0.25) is 4.98 Å². The van der Waals surface area contributed by atoms with Crippen LogP contribution in [0.3, 0.4) is 0 Å². The minimum absolute atomic E-state index is 0.280. The highest BCUT2D eigenvalue weighted by atomic mass is 16.4. The first kappa shape index (κ1) is 11.6. The fourth-order valence-corrected chi connectivity index (χ4v) is 3.07. The van der Waals surface area contributed by atoms with Crippen molar-refractivity contribution in [2.45, 2.75) is 32.6 Å². The number of hydrogen-bond donors (Lipinski definition) is 0. The predicted octanol–water partition coefficient (Wildman–Crippen LogP) is 3.53. The molecule has 0 N–H and O–H groups in total. The van der Waals surface area contributed by atoms with Crippen molar-refractivity contribution in [2.75, 3.05) is 0 Å². The van der Waals surface area contributed by atoms with E-state index < -0.39 is 0 Å². The lowest BCUT2D eigenvalue weighted by Gasteiger charge is -2.15. The standard InChI is InChI=1S/C17H15NO2/c1-10-6-7-15-12(8-10)16-13(17(19)20-15)9-11-4-2-3-5-14(11)18-16/h6-9H,2-5H2,1H3. The van der Waals surface area contributed by atoms with Crippen LogP contribution in [0.2, 0.25) is 0 Å². The third kappa shape index (κ3) is 1.66. The Balaban J connectivity index is 2.19. The molecule has 3 heteroatoms. The van der Waals surface area contributed by atoms with Crippen molar-refractivity contribution in [3.05, 3.63) is 51.5 Å². The van der Waals surface area contributed by atoms with Gasteiger partial charge in [0.05, 0.1) is 10.9 Å². The second-order valence-electron chi connectivity index (χ2n) is 5.59. The Hall–Kier alpha value is -2.16. The molecule has 3 nitrogen and oxygen atoms in total. The lowest BCUT2D eigenvalue weighted by Crippen LogP contribution is -2.09. The van der Waals surface area contributed by atoms with Crippen molar-refractivity contribution in [1.29, 1.82) is 0 Å². The van der Waals surface area contributed by atoms with Crippen LogP contribution in [-0.4, -0.2) is 4.98 Å². The van der Waals surface area contributed by atoms with Gasteiger partial charge in [-0.2, -0.15) is 0 Å². The maximum absolute atomic E-state index is 12.2. The Bertz CT molecular complexity index is 893. The van der Waals surface area contributed by atoms with E-state index in [9.17, 15) is 4.79 Å². The first-order valence-electron chi connectivity index (χ1n) is 7.08. The molecule has 20 heavy (non-hydrogen) atoms. The molecule has 1 aliphatic carbocycles. The van der Waals surface area contributed by atoms with Gasteiger partial charge in [0.25, 0.3) is 0 Å². The van der Waals surface area contributed by atoms with Crippen LogP contribution in [0, 0.1) is 6.92 Å². The number of aromatic nitrogens is 1. The molecule has 4 rings (SSSR count). The Morgan fingerprint density at radius 3 is 2.85 bits per heavy atom. The molecule has 2 aromatic heterocycles. The average Bonchev–Trinajstić information content (AvgIpc) is 2.47. The quantitative estimate of drug-likeness (QED) is 0.461. The van der Waals surface area contributed by atoms with Crippen LogP contribution in [0.15, 0.2) is 33.5 Å². The fraction of sp³-hybridized carbons (Fsp3) is 0.294. The number of rotatable bonds is 0. The summed E-state index contributed by atoms with van der Waals surface area (Å²) < 4.78 is 5.43. The van der Waals surface area contributed by atoms with E-state index in [0.717, 1.165) is 35.0 Å². The van der Waals surface area contributed by atoms with Gasteiger partial charge in [-0.05, 0) is 56.4 Å². The third-order valence-corrected chi connectivity index (χ3v) is 4.11. The molecule has 3 aromatic rings. The summed E-state index contributed by atoms with van der Waals surface area (Å²) in [4.78, 5) is 16.9. The van der Waals surface area contributed by atoms with Crippen LogP contribution in [0.4, 0.5) is 0 Å². The zero-order chi connectivity index (χ0) is 13.7. The average molecular weight is 265 g/mol. The van der Waals surface area contributed by atoms with Crippen molar-refractivity contribution >= 4 is 21.9 Å². The Morgan fingerprint density at radius 1 is 1.10 bits per heavy atom. The molecular formula is C17H15NO2. The van der Waals surface area contributed by atoms with Crippen molar-refractivity contribution < 1.29 is 4.42 Å². The van der Waals surface area contributed by atoms with Gasteiger partial charge in [0.2, 0.25) is 0 Å². The summed E-state index contributed by atoms with van der Waals surface area (Å²) in [5.74, 6) is 0. The van der Waals surface area contributed by atoms with Gasteiger partial charge >= 0.3 is 5.63 Å². The summed E-state index contributed by atoms with van der Waals surface area (Å²) >= 11 is 0. The van der Waals surface area contributed by atoms with Gasteiger partial charge in [0.1, 0.15) is 5.58 Å². The number of pyridine rings is 1. The van der Waals surface area contributed by atoms with E-state index in [-0.39, 0.29) is 5.63 Å². The van der Waals surface area contributed by atoms with Gasteiger partial charge in [0.15, 0.2) is 0 Å². The van der Waals surface area contributed by atoms with E-state index >= 15 is 0 Å². The number of nitrogens with zero attached hydrogens (tertiary/aromatic N) is 1. The maximum Gasteiger partial charge on any atom is 0.345 e. The minimum atomic E-state index is -0.280. The molecule has 2 heterocycles. The second-order valence-corrected chi connectivity index (χ2v) is 5.59. The number of benzene rings is 1. The molecule has 0 spiro atoms. The Morgan fingerprint density at radius 2 is 1.95 bits per heavy atom. The lowest BCUT2D eigenvalue weighted by molar-refractivity contribution is 0.568. The zero-order valence-electron chi connectivity index (χ0n) is 11.4. The Kier molecular flexibility index (Phi) is 2.43. The number of fused-ring (bicyclic) bond motifs is 4. The van der Waals surface area contributed by atoms with E-state index in [2.05, 4.69) is 0 Å². The molecule has 100 valence electrons. The Labute approximate surface area is 116 Å². The molecule has 0 aliphatic heterocycles. The molecule has 0 fully saturated rings. The predicted molar refractivity (Wildman–Crippen MR) is 79.2 cm³/mol. The van der Waals surface area contributed by atoms with Gasteiger partial charge in [-0.15, -0.1) is 0 Å². The van der Waals surface area contributed by atoms with Gasteiger partial charge in [-0.25, -0.2) is 4.79 Å². The minimum Gasteiger partial charge on any atom is -0.422 e. The van der Waals surface area contributed by atoms with Gasteiger partial charge in [0, 0.05) is 11.1 Å². The van der Waals surface area contributed by atoms with Crippen molar-refractivity contribution in [2.24, 2.45) is 0 Å². The maximum atomic E-state index is 12.2. The van der Waals surface area contributed by atoms with Gasteiger partial charge < -0.3 is 4.42 Å². The van der Waals surface area contributed by atoms with Crippen molar-refractivity contribution in [3.8, 4) is 0 Å². The molecular weight excluding hydrogens is 250 g/mol. The van der Waals surface area contributed by atoms with Crippen LogP contribution in [-0.2, 0) is 12.8 Å². The summed E-state index contributed by atoms with van der Waals surface area (Å²) in [5.41, 5.74) is 4.64. The van der Waals surface area contributed by atoms with Crippen LogP contribution in [0.25, 0.3) is 21.9 Å². The van der Waals surface area contributed by atoms with Crippen LogP contribution in [0.1, 0.15) is 29.7 Å².